The normalized spacial score (nSPS) is 13.7. The van der Waals surface area contributed by atoms with E-state index in [9.17, 15) is 9.59 Å². The number of ether oxygens (including phenoxy) is 1. The van der Waals surface area contributed by atoms with Crippen molar-refractivity contribution in [3.05, 3.63) is 53.6 Å². The van der Waals surface area contributed by atoms with Crippen LogP contribution in [-0.2, 0) is 6.54 Å². The topological polar surface area (TPSA) is 96.7 Å². The van der Waals surface area contributed by atoms with Gasteiger partial charge in [0.2, 0.25) is 5.91 Å². The second-order valence-corrected chi connectivity index (χ2v) is 6.76. The van der Waals surface area contributed by atoms with Gasteiger partial charge in [0.05, 0.1) is 18.5 Å². The van der Waals surface area contributed by atoms with Crippen molar-refractivity contribution in [1.82, 2.24) is 5.32 Å². The molecule has 2 aromatic rings. The summed E-state index contributed by atoms with van der Waals surface area (Å²) in [5, 5.41) is 5.71. The molecule has 0 unspecified atom stereocenters. The van der Waals surface area contributed by atoms with Gasteiger partial charge < -0.3 is 26.0 Å². The van der Waals surface area contributed by atoms with Crippen LogP contribution in [0.5, 0.6) is 5.75 Å². The Morgan fingerprint density at radius 3 is 2.57 bits per heavy atom. The van der Waals surface area contributed by atoms with E-state index in [-0.39, 0.29) is 6.03 Å². The first kappa shape index (κ1) is 19.5. The van der Waals surface area contributed by atoms with Crippen LogP contribution in [0.25, 0.3) is 0 Å². The van der Waals surface area contributed by atoms with E-state index in [1.54, 1.807) is 19.2 Å². The van der Waals surface area contributed by atoms with Gasteiger partial charge in [0.1, 0.15) is 5.75 Å². The van der Waals surface area contributed by atoms with Gasteiger partial charge in [-0.15, -0.1) is 0 Å². The summed E-state index contributed by atoms with van der Waals surface area (Å²) in [4.78, 5) is 26.3. The molecule has 3 amide bonds. The number of anilines is 2. The number of benzene rings is 2. The Hall–Kier alpha value is -3.22. The predicted octanol–water partition coefficient (Wildman–Crippen LogP) is 3.11. The third-order valence-corrected chi connectivity index (χ3v) is 4.86. The molecular formula is C21H26N4O3. The van der Waals surface area contributed by atoms with Gasteiger partial charge in [-0.2, -0.15) is 0 Å². The van der Waals surface area contributed by atoms with Crippen LogP contribution in [0.3, 0.4) is 0 Å². The average molecular weight is 382 g/mol. The lowest BCUT2D eigenvalue weighted by Crippen LogP contribution is -2.32. The van der Waals surface area contributed by atoms with E-state index >= 15 is 0 Å². The number of amides is 3. The number of hydrogen-bond donors (Lipinski definition) is 3. The summed E-state index contributed by atoms with van der Waals surface area (Å²) < 4.78 is 5.31. The minimum Gasteiger partial charge on any atom is -0.496 e. The molecule has 1 fully saturated rings. The molecule has 1 heterocycles. The summed E-state index contributed by atoms with van der Waals surface area (Å²) in [7, 11) is 1.60. The van der Waals surface area contributed by atoms with Gasteiger partial charge in [0.15, 0.2) is 0 Å². The third-order valence-electron chi connectivity index (χ3n) is 4.86. The van der Waals surface area contributed by atoms with Gasteiger partial charge in [0.25, 0.3) is 0 Å². The van der Waals surface area contributed by atoms with E-state index in [4.69, 9.17) is 10.5 Å². The van der Waals surface area contributed by atoms with Gasteiger partial charge in [-0.25, -0.2) is 4.79 Å². The number of nitrogens with zero attached hydrogens (tertiary/aromatic N) is 1. The van der Waals surface area contributed by atoms with E-state index < -0.39 is 5.91 Å². The molecule has 0 saturated carbocycles. The summed E-state index contributed by atoms with van der Waals surface area (Å²) in [5.74, 6) is 0.190. The molecule has 28 heavy (non-hydrogen) atoms. The fourth-order valence-electron chi connectivity index (χ4n) is 3.39. The number of carbonyl (C=O) groups excluding carboxylic acids is 2. The molecule has 3 rings (SSSR count). The number of piperidine rings is 1. The third kappa shape index (κ3) is 4.73. The minimum atomic E-state index is -0.525. The first-order chi connectivity index (χ1) is 13.6. The Bertz CT molecular complexity index is 847. The van der Waals surface area contributed by atoms with Crippen molar-refractivity contribution in [1.29, 1.82) is 0 Å². The van der Waals surface area contributed by atoms with Crippen LogP contribution in [0.2, 0.25) is 0 Å². The SMILES string of the molecule is COc1ccccc1CNC(=O)Nc1cc(C(N)=O)ccc1N1CCCCC1. The molecule has 0 aliphatic carbocycles. The number of urea groups is 1. The smallest absolute Gasteiger partial charge is 0.319 e. The highest BCUT2D eigenvalue weighted by atomic mass is 16.5. The van der Waals surface area contributed by atoms with Crippen molar-refractivity contribution in [3.8, 4) is 5.75 Å². The van der Waals surface area contributed by atoms with Crippen LogP contribution < -0.4 is 26.0 Å². The molecular weight excluding hydrogens is 356 g/mol. The quantitative estimate of drug-likeness (QED) is 0.715. The number of carbonyl (C=O) groups is 2. The van der Waals surface area contributed by atoms with Crippen molar-refractivity contribution in [2.75, 3.05) is 30.4 Å². The summed E-state index contributed by atoms with van der Waals surface area (Å²) >= 11 is 0. The molecule has 1 aliphatic rings. The summed E-state index contributed by atoms with van der Waals surface area (Å²) in [6.07, 6.45) is 3.42. The molecule has 0 spiro atoms. The van der Waals surface area contributed by atoms with Crippen molar-refractivity contribution >= 4 is 23.3 Å². The lowest BCUT2D eigenvalue weighted by molar-refractivity contribution is 0.100. The summed E-state index contributed by atoms with van der Waals surface area (Å²) in [6.45, 7) is 2.17. The second kappa shape index (κ2) is 9.12. The highest BCUT2D eigenvalue weighted by molar-refractivity contribution is 5.98. The van der Waals surface area contributed by atoms with Gasteiger partial charge >= 0.3 is 6.03 Å². The summed E-state index contributed by atoms with van der Waals surface area (Å²) in [5.41, 5.74) is 8.13. The Morgan fingerprint density at radius 1 is 1.11 bits per heavy atom. The van der Waals surface area contributed by atoms with E-state index in [1.165, 1.54) is 6.42 Å². The molecule has 0 radical (unpaired) electrons. The number of nitrogens with one attached hydrogen (secondary N) is 2. The van der Waals surface area contributed by atoms with Crippen molar-refractivity contribution in [2.45, 2.75) is 25.8 Å². The standard InChI is InChI=1S/C21H26N4O3/c1-28-19-8-4-3-7-16(19)14-23-21(27)24-17-13-15(20(22)26)9-10-18(17)25-11-5-2-6-12-25/h3-4,7-10,13H,2,5-6,11-12,14H2,1H3,(H2,22,26)(H2,23,24,27). The van der Waals surface area contributed by atoms with E-state index in [0.29, 0.717) is 23.5 Å². The lowest BCUT2D eigenvalue weighted by Gasteiger charge is -2.30. The number of para-hydroxylation sites is 1. The molecule has 0 atom stereocenters. The molecule has 0 aromatic heterocycles. The number of methoxy groups -OCH3 is 1. The van der Waals surface area contributed by atoms with Gasteiger partial charge in [-0.1, -0.05) is 18.2 Å². The first-order valence-electron chi connectivity index (χ1n) is 9.44. The molecule has 1 aliphatic heterocycles. The zero-order valence-corrected chi connectivity index (χ0v) is 16.0. The molecule has 7 heteroatoms. The van der Waals surface area contributed by atoms with Crippen molar-refractivity contribution < 1.29 is 14.3 Å². The highest BCUT2D eigenvalue weighted by Gasteiger charge is 2.17. The Balaban J connectivity index is 1.74. The Labute approximate surface area is 164 Å². The average Bonchev–Trinajstić information content (AvgIpc) is 2.73. The van der Waals surface area contributed by atoms with Gasteiger partial charge in [0, 0.05) is 30.8 Å². The monoisotopic (exact) mass is 382 g/mol. The largest absolute Gasteiger partial charge is 0.496 e. The molecule has 0 bridgehead atoms. The van der Waals surface area contributed by atoms with Crippen LogP contribution in [-0.4, -0.2) is 32.1 Å². The minimum absolute atomic E-state index is 0.324. The van der Waals surface area contributed by atoms with Crippen molar-refractivity contribution in [3.63, 3.8) is 0 Å². The predicted molar refractivity (Wildman–Crippen MR) is 110 cm³/mol. The van der Waals surface area contributed by atoms with Crippen LogP contribution in [0, 0.1) is 0 Å². The number of hydrogen-bond acceptors (Lipinski definition) is 4. The number of primary amides is 1. The van der Waals surface area contributed by atoms with Gasteiger partial charge in [-0.05, 0) is 43.5 Å². The molecule has 4 N–H and O–H groups in total. The molecule has 148 valence electrons. The highest BCUT2D eigenvalue weighted by Crippen LogP contribution is 2.29. The first-order valence-corrected chi connectivity index (χ1v) is 9.44. The molecule has 2 aromatic carbocycles. The fraction of sp³-hybridized carbons (Fsp3) is 0.333. The maximum Gasteiger partial charge on any atom is 0.319 e. The second-order valence-electron chi connectivity index (χ2n) is 6.76. The molecule has 7 nitrogen and oxygen atoms in total. The van der Waals surface area contributed by atoms with Gasteiger partial charge in [-0.3, -0.25) is 4.79 Å². The number of nitrogens with two attached hydrogens (primary N) is 1. The lowest BCUT2D eigenvalue weighted by atomic mass is 10.1. The zero-order valence-electron chi connectivity index (χ0n) is 16.0. The van der Waals surface area contributed by atoms with E-state index in [0.717, 1.165) is 37.2 Å². The van der Waals surface area contributed by atoms with Crippen LogP contribution in [0.1, 0.15) is 35.2 Å². The number of rotatable bonds is 6. The Kier molecular flexibility index (Phi) is 6.37. The zero-order chi connectivity index (χ0) is 19.9. The fourth-order valence-corrected chi connectivity index (χ4v) is 3.39. The van der Waals surface area contributed by atoms with Crippen molar-refractivity contribution in [2.24, 2.45) is 5.73 Å². The van der Waals surface area contributed by atoms with E-state index in [2.05, 4.69) is 15.5 Å². The van der Waals surface area contributed by atoms with E-state index in [1.807, 2.05) is 30.3 Å². The molecule has 1 saturated heterocycles. The van der Waals surface area contributed by atoms with Crippen LogP contribution in [0.15, 0.2) is 42.5 Å². The maximum absolute atomic E-state index is 12.5. The Morgan fingerprint density at radius 2 is 1.86 bits per heavy atom. The summed E-state index contributed by atoms with van der Waals surface area (Å²) in [6, 6.07) is 12.3. The maximum atomic E-state index is 12.5. The van der Waals surface area contributed by atoms with Crippen LogP contribution >= 0.6 is 0 Å². The van der Waals surface area contributed by atoms with Crippen LogP contribution in [0.4, 0.5) is 16.2 Å².